The maximum atomic E-state index is 12.5. The molecule has 0 aromatic carbocycles. The molecule has 1 amide bonds. The van der Waals surface area contributed by atoms with Crippen molar-refractivity contribution in [3.05, 3.63) is 30.1 Å². The average Bonchev–Trinajstić information content (AvgIpc) is 2.63. The highest BCUT2D eigenvalue weighted by molar-refractivity contribution is 7.99. The van der Waals surface area contributed by atoms with Crippen LogP contribution in [0.25, 0.3) is 0 Å². The number of aromatic nitrogens is 1. The molecule has 0 radical (unpaired) electrons. The summed E-state index contributed by atoms with van der Waals surface area (Å²) in [5, 5.41) is 0. The minimum atomic E-state index is 0.255. The number of pyridine rings is 1. The molecular formula is C18H28N4OS. The summed E-state index contributed by atoms with van der Waals surface area (Å²) in [5.41, 5.74) is 1.19. The van der Waals surface area contributed by atoms with Crippen molar-refractivity contribution in [3.8, 4) is 0 Å². The fourth-order valence-corrected chi connectivity index (χ4v) is 4.66. The van der Waals surface area contributed by atoms with Crippen LogP contribution in [-0.2, 0) is 11.3 Å². The van der Waals surface area contributed by atoms with Crippen LogP contribution in [0, 0.1) is 0 Å². The molecule has 0 saturated carbocycles. The molecule has 1 aromatic rings. The third kappa shape index (κ3) is 4.94. The van der Waals surface area contributed by atoms with Crippen LogP contribution in [-0.4, -0.2) is 82.9 Å². The van der Waals surface area contributed by atoms with E-state index < -0.39 is 0 Å². The maximum absolute atomic E-state index is 12.5. The largest absolute Gasteiger partial charge is 0.339 e. The molecule has 0 spiro atoms. The predicted octanol–water partition coefficient (Wildman–Crippen LogP) is 1.55. The normalized spacial score (nSPS) is 20.5. The van der Waals surface area contributed by atoms with Gasteiger partial charge in [0.25, 0.3) is 0 Å². The highest BCUT2D eigenvalue weighted by Crippen LogP contribution is 2.22. The Labute approximate surface area is 149 Å². The van der Waals surface area contributed by atoms with E-state index in [2.05, 4.69) is 26.5 Å². The number of piperazine rings is 1. The Morgan fingerprint density at radius 1 is 1.21 bits per heavy atom. The summed E-state index contributed by atoms with van der Waals surface area (Å²) in [6.07, 6.45) is 6.22. The first-order valence-electron chi connectivity index (χ1n) is 8.89. The zero-order chi connectivity index (χ0) is 16.8. The molecule has 24 heavy (non-hydrogen) atoms. The first kappa shape index (κ1) is 17.7. The molecule has 6 heteroatoms. The molecule has 3 heterocycles. The van der Waals surface area contributed by atoms with Crippen molar-refractivity contribution < 1.29 is 4.79 Å². The molecule has 0 atom stereocenters. The van der Waals surface area contributed by atoms with Gasteiger partial charge in [-0.25, -0.2) is 0 Å². The first-order valence-corrected chi connectivity index (χ1v) is 10.0. The number of carbonyl (C=O) groups is 1. The summed E-state index contributed by atoms with van der Waals surface area (Å²) in [6.45, 7) is 5.11. The van der Waals surface area contributed by atoms with E-state index >= 15 is 0 Å². The lowest BCUT2D eigenvalue weighted by molar-refractivity contribution is -0.134. The fraction of sp³-hybridized carbons (Fsp3) is 0.667. The van der Waals surface area contributed by atoms with Crippen molar-refractivity contribution in [2.24, 2.45) is 0 Å². The van der Waals surface area contributed by atoms with Crippen molar-refractivity contribution in [3.63, 3.8) is 0 Å². The van der Waals surface area contributed by atoms with Crippen LogP contribution < -0.4 is 0 Å². The van der Waals surface area contributed by atoms with Crippen LogP contribution in [0.3, 0.4) is 0 Å². The number of hydrogen-bond acceptors (Lipinski definition) is 5. The van der Waals surface area contributed by atoms with E-state index in [-0.39, 0.29) is 5.91 Å². The molecule has 0 bridgehead atoms. The molecule has 0 unspecified atom stereocenters. The number of nitrogens with zero attached hydrogens (tertiary/aromatic N) is 4. The Kier molecular flexibility index (Phi) is 6.51. The molecule has 5 nitrogen and oxygen atoms in total. The molecular weight excluding hydrogens is 320 g/mol. The number of rotatable bonds is 5. The summed E-state index contributed by atoms with van der Waals surface area (Å²) in [6, 6.07) is 4.75. The van der Waals surface area contributed by atoms with Crippen molar-refractivity contribution in [1.82, 2.24) is 19.7 Å². The number of thioether (sulfide) groups is 1. The third-order valence-electron chi connectivity index (χ3n) is 4.98. The standard InChI is InChI=1S/C18H28N4OS/c1-20(14-16-2-6-19-7-3-16)15-18(23)22-10-8-21(9-11-22)17-4-12-24-13-5-17/h2-3,6-7,17H,4-5,8-15H2,1H3. The quantitative estimate of drug-likeness (QED) is 0.807. The molecule has 0 aliphatic carbocycles. The van der Waals surface area contributed by atoms with Gasteiger partial charge >= 0.3 is 0 Å². The molecule has 2 aliphatic heterocycles. The fourth-order valence-electron chi connectivity index (χ4n) is 3.57. The van der Waals surface area contributed by atoms with Crippen LogP contribution in [0.5, 0.6) is 0 Å². The molecule has 2 aliphatic rings. The van der Waals surface area contributed by atoms with Gasteiger partial charge in [0, 0.05) is 51.2 Å². The van der Waals surface area contributed by atoms with E-state index in [1.807, 2.05) is 24.1 Å². The van der Waals surface area contributed by atoms with Crippen molar-refractivity contribution in [1.29, 1.82) is 0 Å². The zero-order valence-electron chi connectivity index (χ0n) is 14.6. The topological polar surface area (TPSA) is 39.7 Å². The second-order valence-electron chi connectivity index (χ2n) is 6.79. The summed E-state index contributed by atoms with van der Waals surface area (Å²) in [4.78, 5) is 23.3. The zero-order valence-corrected chi connectivity index (χ0v) is 15.4. The van der Waals surface area contributed by atoms with Crippen LogP contribution in [0.1, 0.15) is 18.4 Å². The smallest absolute Gasteiger partial charge is 0.236 e. The van der Waals surface area contributed by atoms with Crippen molar-refractivity contribution in [2.75, 3.05) is 51.3 Å². The third-order valence-corrected chi connectivity index (χ3v) is 6.03. The highest BCUT2D eigenvalue weighted by atomic mass is 32.2. The minimum Gasteiger partial charge on any atom is -0.339 e. The van der Waals surface area contributed by atoms with Gasteiger partial charge in [-0.05, 0) is 49.1 Å². The SMILES string of the molecule is CN(CC(=O)N1CCN(C2CCSCC2)CC1)Cc1ccncc1. The molecule has 0 N–H and O–H groups in total. The van der Waals surface area contributed by atoms with Crippen LogP contribution in [0.15, 0.2) is 24.5 Å². The van der Waals surface area contributed by atoms with E-state index in [0.717, 1.165) is 38.8 Å². The van der Waals surface area contributed by atoms with E-state index in [0.29, 0.717) is 6.54 Å². The highest BCUT2D eigenvalue weighted by Gasteiger charge is 2.27. The number of likely N-dealkylation sites (N-methyl/N-ethyl adjacent to an activating group) is 1. The average molecular weight is 349 g/mol. The summed E-state index contributed by atoms with van der Waals surface area (Å²) < 4.78 is 0. The summed E-state index contributed by atoms with van der Waals surface area (Å²) >= 11 is 2.07. The van der Waals surface area contributed by atoms with Gasteiger partial charge in [0.05, 0.1) is 6.54 Å². The molecule has 2 saturated heterocycles. The first-order chi connectivity index (χ1) is 11.7. The number of hydrogen-bond donors (Lipinski definition) is 0. The van der Waals surface area contributed by atoms with E-state index in [1.54, 1.807) is 12.4 Å². The second-order valence-corrected chi connectivity index (χ2v) is 8.01. The Balaban J connectivity index is 1.41. The predicted molar refractivity (Wildman–Crippen MR) is 99.1 cm³/mol. The minimum absolute atomic E-state index is 0.255. The molecule has 132 valence electrons. The molecule has 3 rings (SSSR count). The van der Waals surface area contributed by atoms with Gasteiger partial charge in [-0.3, -0.25) is 19.6 Å². The van der Waals surface area contributed by atoms with Gasteiger partial charge in [0.2, 0.25) is 5.91 Å². The van der Waals surface area contributed by atoms with Crippen molar-refractivity contribution in [2.45, 2.75) is 25.4 Å². The Hall–Kier alpha value is -1.11. The van der Waals surface area contributed by atoms with Gasteiger partial charge in [-0.15, -0.1) is 0 Å². The van der Waals surface area contributed by atoms with E-state index in [1.165, 1.54) is 29.9 Å². The van der Waals surface area contributed by atoms with Crippen LogP contribution in [0.2, 0.25) is 0 Å². The molecule has 1 aromatic heterocycles. The molecule has 2 fully saturated rings. The van der Waals surface area contributed by atoms with Crippen LogP contribution in [0.4, 0.5) is 0 Å². The van der Waals surface area contributed by atoms with Gasteiger partial charge in [-0.1, -0.05) is 0 Å². The summed E-state index contributed by atoms with van der Waals surface area (Å²) in [7, 11) is 2.01. The van der Waals surface area contributed by atoms with Gasteiger partial charge in [-0.2, -0.15) is 11.8 Å². The summed E-state index contributed by atoms with van der Waals surface area (Å²) in [5.74, 6) is 2.85. The van der Waals surface area contributed by atoms with E-state index in [4.69, 9.17) is 0 Å². The maximum Gasteiger partial charge on any atom is 0.236 e. The van der Waals surface area contributed by atoms with Gasteiger partial charge < -0.3 is 4.90 Å². The number of carbonyl (C=O) groups excluding carboxylic acids is 1. The second kappa shape index (κ2) is 8.83. The van der Waals surface area contributed by atoms with Gasteiger partial charge in [0.15, 0.2) is 0 Å². The van der Waals surface area contributed by atoms with E-state index in [9.17, 15) is 4.79 Å². The van der Waals surface area contributed by atoms with Crippen molar-refractivity contribution >= 4 is 17.7 Å². The monoisotopic (exact) mass is 348 g/mol. The Morgan fingerprint density at radius 3 is 2.54 bits per heavy atom. The lowest BCUT2D eigenvalue weighted by Gasteiger charge is -2.41. The Bertz CT molecular complexity index is 513. The van der Waals surface area contributed by atoms with Gasteiger partial charge in [0.1, 0.15) is 0 Å². The lowest BCUT2D eigenvalue weighted by atomic mass is 10.1. The van der Waals surface area contributed by atoms with Crippen LogP contribution >= 0.6 is 11.8 Å². The Morgan fingerprint density at radius 2 is 1.88 bits per heavy atom. The number of amides is 1. The lowest BCUT2D eigenvalue weighted by Crippen LogP contribution is -2.54.